The van der Waals surface area contributed by atoms with Crippen LogP contribution in [0.15, 0.2) is 24.5 Å². The second kappa shape index (κ2) is 5.38. The first-order valence-corrected chi connectivity index (χ1v) is 5.93. The van der Waals surface area contributed by atoms with E-state index in [-0.39, 0.29) is 22.2 Å². The molecule has 1 aromatic carbocycles. The molecule has 98 valence electrons. The van der Waals surface area contributed by atoms with Gasteiger partial charge in [-0.25, -0.2) is 9.97 Å². The Morgan fingerprint density at radius 2 is 2.05 bits per heavy atom. The first-order chi connectivity index (χ1) is 9.06. The molecule has 0 unspecified atom stereocenters. The van der Waals surface area contributed by atoms with Crippen LogP contribution in [0.3, 0.4) is 0 Å². The highest BCUT2D eigenvalue weighted by molar-refractivity contribution is 6.43. The number of aromatic nitrogens is 2. The molecule has 0 saturated heterocycles. The zero-order chi connectivity index (χ0) is 14.0. The van der Waals surface area contributed by atoms with Crippen molar-refractivity contribution >= 4 is 34.7 Å². The summed E-state index contributed by atoms with van der Waals surface area (Å²) in [4.78, 5) is 18.4. The highest BCUT2D eigenvalue weighted by atomic mass is 35.5. The van der Waals surface area contributed by atoms with E-state index >= 15 is 0 Å². The van der Waals surface area contributed by atoms with Crippen molar-refractivity contribution in [3.05, 3.63) is 44.7 Å². The smallest absolute Gasteiger partial charge is 0.337 e. The largest absolute Gasteiger partial charge is 0.367 e. The molecular weight excluding hydrogens is 291 g/mol. The number of benzene rings is 1. The van der Waals surface area contributed by atoms with Gasteiger partial charge in [0.05, 0.1) is 15.0 Å². The van der Waals surface area contributed by atoms with E-state index in [1.165, 1.54) is 6.33 Å². The highest BCUT2D eigenvalue weighted by Crippen LogP contribution is 2.38. The van der Waals surface area contributed by atoms with Crippen LogP contribution in [0, 0.1) is 10.1 Å². The van der Waals surface area contributed by atoms with Crippen LogP contribution in [0.1, 0.15) is 0 Å². The maximum atomic E-state index is 11.2. The zero-order valence-corrected chi connectivity index (χ0v) is 11.2. The predicted molar refractivity (Wildman–Crippen MR) is 73.7 cm³/mol. The number of hydrogen-bond acceptors (Lipinski definition) is 5. The van der Waals surface area contributed by atoms with Crippen LogP contribution in [0.25, 0.3) is 11.3 Å². The van der Waals surface area contributed by atoms with Gasteiger partial charge in [-0.2, -0.15) is 0 Å². The summed E-state index contributed by atoms with van der Waals surface area (Å²) in [5.41, 5.74) is 0.269. The van der Waals surface area contributed by atoms with Crippen molar-refractivity contribution < 1.29 is 4.92 Å². The molecule has 19 heavy (non-hydrogen) atoms. The molecule has 0 aliphatic carbocycles. The van der Waals surface area contributed by atoms with Gasteiger partial charge in [0.2, 0.25) is 5.82 Å². The van der Waals surface area contributed by atoms with E-state index in [1.807, 2.05) is 0 Å². The minimum atomic E-state index is -0.557. The van der Waals surface area contributed by atoms with Gasteiger partial charge in [-0.05, 0) is 6.07 Å². The lowest BCUT2D eigenvalue weighted by Crippen LogP contribution is -2.03. The van der Waals surface area contributed by atoms with Crippen molar-refractivity contribution in [3.8, 4) is 11.3 Å². The summed E-state index contributed by atoms with van der Waals surface area (Å²) < 4.78 is 0. The van der Waals surface area contributed by atoms with E-state index in [0.29, 0.717) is 10.6 Å². The Hall–Kier alpha value is -1.92. The summed E-state index contributed by atoms with van der Waals surface area (Å²) in [5, 5.41) is 14.4. The molecule has 1 aromatic heterocycles. The molecule has 0 amide bonds. The molecule has 0 bridgehead atoms. The van der Waals surface area contributed by atoms with Crippen LogP contribution >= 0.6 is 23.2 Å². The molecule has 0 aliphatic rings. The summed E-state index contributed by atoms with van der Waals surface area (Å²) >= 11 is 12.0. The topological polar surface area (TPSA) is 81.0 Å². The maximum absolute atomic E-state index is 11.2. The van der Waals surface area contributed by atoms with Crippen molar-refractivity contribution in [3.63, 3.8) is 0 Å². The van der Waals surface area contributed by atoms with E-state index < -0.39 is 4.92 Å². The Morgan fingerprint density at radius 1 is 1.32 bits per heavy atom. The van der Waals surface area contributed by atoms with Crippen LogP contribution in [-0.4, -0.2) is 21.9 Å². The standard InChI is InChI=1S/C11H8Cl2N4O2/c1-14-11-10(17(18)19)9(15-5-16-11)6-3-2-4-7(12)8(6)13/h2-5H,1H3,(H,14,15,16). The lowest BCUT2D eigenvalue weighted by atomic mass is 10.1. The van der Waals surface area contributed by atoms with Gasteiger partial charge >= 0.3 is 5.69 Å². The minimum absolute atomic E-state index is 0.117. The Kier molecular flexibility index (Phi) is 3.82. The molecule has 0 fully saturated rings. The second-order valence-electron chi connectivity index (χ2n) is 3.53. The lowest BCUT2D eigenvalue weighted by molar-refractivity contribution is -0.383. The van der Waals surface area contributed by atoms with E-state index in [9.17, 15) is 10.1 Å². The van der Waals surface area contributed by atoms with Gasteiger partial charge in [0.1, 0.15) is 6.33 Å². The van der Waals surface area contributed by atoms with E-state index in [2.05, 4.69) is 15.3 Å². The average molecular weight is 299 g/mol. The first-order valence-electron chi connectivity index (χ1n) is 5.17. The van der Waals surface area contributed by atoms with Crippen molar-refractivity contribution in [2.24, 2.45) is 0 Å². The van der Waals surface area contributed by atoms with Crippen molar-refractivity contribution in [2.75, 3.05) is 12.4 Å². The number of nitro groups is 1. The molecule has 0 saturated carbocycles. The van der Waals surface area contributed by atoms with Gasteiger partial charge in [-0.3, -0.25) is 10.1 Å². The molecular formula is C11H8Cl2N4O2. The molecule has 0 atom stereocenters. The third-order valence-electron chi connectivity index (χ3n) is 2.45. The molecule has 0 spiro atoms. The molecule has 2 aromatic rings. The second-order valence-corrected chi connectivity index (χ2v) is 4.31. The number of halogens is 2. The van der Waals surface area contributed by atoms with Crippen molar-refractivity contribution in [1.82, 2.24) is 9.97 Å². The minimum Gasteiger partial charge on any atom is -0.367 e. The quantitative estimate of drug-likeness (QED) is 0.694. The molecule has 6 nitrogen and oxygen atoms in total. The molecule has 1 N–H and O–H groups in total. The summed E-state index contributed by atoms with van der Waals surface area (Å²) in [7, 11) is 1.54. The van der Waals surface area contributed by atoms with Crippen LogP contribution in [0.5, 0.6) is 0 Å². The van der Waals surface area contributed by atoms with Crippen molar-refractivity contribution in [2.45, 2.75) is 0 Å². The average Bonchev–Trinajstić information content (AvgIpc) is 2.40. The van der Waals surface area contributed by atoms with E-state index in [0.717, 1.165) is 0 Å². The Morgan fingerprint density at radius 3 is 2.68 bits per heavy atom. The molecule has 8 heteroatoms. The molecule has 2 rings (SSSR count). The number of anilines is 1. The van der Waals surface area contributed by atoms with Crippen LogP contribution in [0.4, 0.5) is 11.5 Å². The van der Waals surface area contributed by atoms with Crippen LogP contribution in [-0.2, 0) is 0 Å². The SMILES string of the molecule is CNc1ncnc(-c2cccc(Cl)c2Cl)c1[N+](=O)[O-]. The van der Waals surface area contributed by atoms with Gasteiger partial charge in [-0.1, -0.05) is 35.3 Å². The van der Waals surface area contributed by atoms with Crippen LogP contribution in [0.2, 0.25) is 10.0 Å². The summed E-state index contributed by atoms with van der Waals surface area (Å²) in [6.45, 7) is 0. The van der Waals surface area contributed by atoms with Gasteiger partial charge in [0.15, 0.2) is 5.69 Å². The van der Waals surface area contributed by atoms with Gasteiger partial charge in [-0.15, -0.1) is 0 Å². The third kappa shape index (κ3) is 2.45. The molecule has 1 heterocycles. The highest BCUT2D eigenvalue weighted by Gasteiger charge is 2.25. The monoisotopic (exact) mass is 298 g/mol. The lowest BCUT2D eigenvalue weighted by Gasteiger charge is -2.08. The van der Waals surface area contributed by atoms with E-state index in [4.69, 9.17) is 23.2 Å². The number of rotatable bonds is 3. The number of nitrogens with one attached hydrogen (secondary N) is 1. The van der Waals surface area contributed by atoms with Gasteiger partial charge < -0.3 is 5.32 Å². The maximum Gasteiger partial charge on any atom is 0.337 e. The summed E-state index contributed by atoms with van der Waals surface area (Å²) in [6.07, 6.45) is 1.23. The van der Waals surface area contributed by atoms with Gasteiger partial charge in [0, 0.05) is 12.6 Å². The molecule has 0 radical (unpaired) electrons. The van der Waals surface area contributed by atoms with Crippen LogP contribution < -0.4 is 5.32 Å². The zero-order valence-electron chi connectivity index (χ0n) is 9.72. The fourth-order valence-electron chi connectivity index (χ4n) is 1.62. The number of nitrogens with zero attached hydrogens (tertiary/aromatic N) is 3. The normalized spacial score (nSPS) is 10.3. The third-order valence-corrected chi connectivity index (χ3v) is 3.27. The fraction of sp³-hybridized carbons (Fsp3) is 0.0909. The first kappa shape index (κ1) is 13.5. The van der Waals surface area contributed by atoms with Gasteiger partial charge in [0.25, 0.3) is 0 Å². The summed E-state index contributed by atoms with van der Waals surface area (Å²) in [5.74, 6) is 0.117. The Bertz CT molecular complexity index is 649. The predicted octanol–water partition coefficient (Wildman–Crippen LogP) is 3.40. The molecule has 0 aliphatic heterocycles. The summed E-state index contributed by atoms with van der Waals surface area (Å²) in [6, 6.07) is 4.86. The van der Waals surface area contributed by atoms with Crippen molar-refractivity contribution in [1.29, 1.82) is 0 Å². The Balaban J connectivity index is 2.75. The van der Waals surface area contributed by atoms with E-state index in [1.54, 1.807) is 25.2 Å². The Labute approximate surface area is 118 Å². The fourth-order valence-corrected chi connectivity index (χ4v) is 2.01. The number of hydrogen-bond donors (Lipinski definition) is 1.